The summed E-state index contributed by atoms with van der Waals surface area (Å²) in [7, 11) is 0. The van der Waals surface area contributed by atoms with Crippen molar-refractivity contribution in [2.45, 2.75) is 13.5 Å². The molecule has 2 aromatic carbocycles. The SMILES string of the molecule is CC[n+]1c(/C=C/c2ccc(-n3ccnc3)cc2)cccc1/C=C/c1ccc(-n2ccnc2)cc1. The predicted molar refractivity (Wildman–Crippen MR) is 137 cm³/mol. The van der Waals surface area contributed by atoms with Crippen LogP contribution in [0.15, 0.2) is 104 Å². The third-order valence-electron chi connectivity index (χ3n) is 5.76. The molecule has 0 spiro atoms. The molecule has 0 aliphatic rings. The lowest BCUT2D eigenvalue weighted by atomic mass is 10.1. The molecule has 5 rings (SSSR count). The van der Waals surface area contributed by atoms with Gasteiger partial charge in [-0.3, -0.25) is 0 Å². The van der Waals surface area contributed by atoms with Gasteiger partial charge in [-0.1, -0.05) is 24.3 Å². The van der Waals surface area contributed by atoms with Gasteiger partial charge in [-0.05, 0) is 60.5 Å². The molecule has 0 bridgehead atoms. The highest BCUT2D eigenvalue weighted by molar-refractivity contribution is 5.69. The standard InChI is InChI=1S/C29H26N5/c1-2-34-28(16-10-24-6-12-26(13-7-24)32-20-18-30-22-32)4-3-5-29(34)17-11-25-8-14-27(15-9-25)33-21-19-31-23-33/h3-23H,2H2,1H3/q+1. The van der Waals surface area contributed by atoms with Crippen LogP contribution in [0.3, 0.4) is 0 Å². The summed E-state index contributed by atoms with van der Waals surface area (Å²) < 4.78 is 6.31. The summed E-state index contributed by atoms with van der Waals surface area (Å²) in [6.07, 6.45) is 19.7. The van der Waals surface area contributed by atoms with Gasteiger partial charge in [0.2, 0.25) is 11.4 Å². The van der Waals surface area contributed by atoms with Gasteiger partial charge in [-0.2, -0.15) is 4.57 Å². The Kier molecular flexibility index (Phi) is 6.25. The van der Waals surface area contributed by atoms with Crippen molar-refractivity contribution < 1.29 is 4.57 Å². The van der Waals surface area contributed by atoms with E-state index in [-0.39, 0.29) is 0 Å². The molecule has 3 heterocycles. The molecule has 5 heteroatoms. The second-order valence-corrected chi connectivity index (χ2v) is 7.91. The van der Waals surface area contributed by atoms with E-state index in [0.717, 1.165) is 29.0 Å². The lowest BCUT2D eigenvalue weighted by molar-refractivity contribution is -0.696. The van der Waals surface area contributed by atoms with E-state index in [2.05, 4.69) is 112 Å². The van der Waals surface area contributed by atoms with Crippen LogP contribution in [-0.4, -0.2) is 19.1 Å². The Balaban J connectivity index is 1.33. The topological polar surface area (TPSA) is 39.5 Å². The van der Waals surface area contributed by atoms with E-state index >= 15 is 0 Å². The minimum atomic E-state index is 0.888. The Morgan fingerprint density at radius 1 is 0.647 bits per heavy atom. The number of aromatic nitrogens is 5. The average Bonchev–Trinajstić information content (AvgIpc) is 3.62. The molecule has 0 saturated carbocycles. The molecule has 0 saturated heterocycles. The predicted octanol–water partition coefficient (Wildman–Crippen LogP) is 5.71. The number of rotatable bonds is 7. The molecule has 166 valence electrons. The Labute approximate surface area is 199 Å². The van der Waals surface area contributed by atoms with Gasteiger partial charge < -0.3 is 9.13 Å². The maximum Gasteiger partial charge on any atom is 0.205 e. The fourth-order valence-electron chi connectivity index (χ4n) is 3.93. The summed E-state index contributed by atoms with van der Waals surface area (Å²) in [6, 6.07) is 23.3. The lowest BCUT2D eigenvalue weighted by Crippen LogP contribution is -2.38. The molecule has 0 atom stereocenters. The number of benzene rings is 2. The number of nitrogens with zero attached hydrogens (tertiary/aromatic N) is 5. The van der Waals surface area contributed by atoms with Gasteiger partial charge in [0.1, 0.15) is 6.54 Å². The van der Waals surface area contributed by atoms with Crippen molar-refractivity contribution in [3.63, 3.8) is 0 Å². The zero-order chi connectivity index (χ0) is 23.2. The quantitative estimate of drug-likeness (QED) is 0.302. The van der Waals surface area contributed by atoms with Crippen LogP contribution in [0, 0.1) is 0 Å². The first-order valence-electron chi connectivity index (χ1n) is 11.4. The first-order valence-corrected chi connectivity index (χ1v) is 11.4. The molecule has 34 heavy (non-hydrogen) atoms. The summed E-state index contributed by atoms with van der Waals surface area (Å²) in [4.78, 5) is 8.22. The van der Waals surface area contributed by atoms with Crippen LogP contribution in [0.5, 0.6) is 0 Å². The summed E-state index contributed by atoms with van der Waals surface area (Å²) in [5, 5.41) is 0. The van der Waals surface area contributed by atoms with Crippen LogP contribution < -0.4 is 4.57 Å². The number of hydrogen-bond acceptors (Lipinski definition) is 2. The number of imidazole rings is 2. The lowest BCUT2D eigenvalue weighted by Gasteiger charge is -2.04. The van der Waals surface area contributed by atoms with Crippen molar-refractivity contribution in [1.82, 2.24) is 19.1 Å². The minimum Gasteiger partial charge on any atom is -0.306 e. The van der Waals surface area contributed by atoms with Crippen molar-refractivity contribution >= 4 is 24.3 Å². The van der Waals surface area contributed by atoms with Gasteiger partial charge >= 0.3 is 0 Å². The molecule has 3 aromatic heterocycles. The fourth-order valence-corrected chi connectivity index (χ4v) is 3.93. The van der Waals surface area contributed by atoms with E-state index in [1.807, 2.05) is 34.2 Å². The van der Waals surface area contributed by atoms with Crippen LogP contribution in [0.4, 0.5) is 0 Å². The van der Waals surface area contributed by atoms with E-state index in [0.29, 0.717) is 0 Å². The Bertz CT molecular complexity index is 1290. The van der Waals surface area contributed by atoms with Crippen LogP contribution >= 0.6 is 0 Å². The summed E-state index contributed by atoms with van der Waals surface area (Å²) in [6.45, 7) is 3.06. The molecule has 5 nitrogen and oxygen atoms in total. The minimum absolute atomic E-state index is 0.888. The molecule has 0 radical (unpaired) electrons. The Hall–Kier alpha value is -4.51. The monoisotopic (exact) mass is 444 g/mol. The van der Waals surface area contributed by atoms with Crippen molar-refractivity contribution in [2.75, 3.05) is 0 Å². The summed E-state index contributed by atoms with van der Waals surface area (Å²) in [5.41, 5.74) is 6.85. The first kappa shape index (κ1) is 21.3. The average molecular weight is 445 g/mol. The van der Waals surface area contributed by atoms with Gasteiger partial charge in [-0.25, -0.2) is 9.97 Å². The molecule has 0 fully saturated rings. The first-order chi connectivity index (χ1) is 16.8. The number of hydrogen-bond donors (Lipinski definition) is 0. The molecule has 0 amide bonds. The van der Waals surface area contributed by atoms with Gasteiger partial charge in [0, 0.05) is 60.4 Å². The van der Waals surface area contributed by atoms with Gasteiger partial charge in [0.25, 0.3) is 0 Å². The molecule has 0 unspecified atom stereocenters. The van der Waals surface area contributed by atoms with Crippen LogP contribution in [-0.2, 0) is 6.54 Å². The largest absolute Gasteiger partial charge is 0.306 e. The second kappa shape index (κ2) is 9.96. The van der Waals surface area contributed by atoms with Crippen LogP contribution in [0.1, 0.15) is 29.4 Å². The van der Waals surface area contributed by atoms with Crippen molar-refractivity contribution in [3.8, 4) is 11.4 Å². The Morgan fingerprint density at radius 3 is 1.50 bits per heavy atom. The van der Waals surface area contributed by atoms with Crippen molar-refractivity contribution in [2.24, 2.45) is 0 Å². The third-order valence-corrected chi connectivity index (χ3v) is 5.76. The van der Waals surface area contributed by atoms with Crippen LogP contribution in [0.25, 0.3) is 35.7 Å². The summed E-state index contributed by atoms with van der Waals surface area (Å²) in [5.74, 6) is 0. The van der Waals surface area contributed by atoms with Gasteiger partial charge in [0.15, 0.2) is 0 Å². The second-order valence-electron chi connectivity index (χ2n) is 7.91. The zero-order valence-corrected chi connectivity index (χ0v) is 19.1. The van der Waals surface area contributed by atoms with E-state index in [1.165, 1.54) is 11.4 Å². The molecular formula is C29H26N5+. The zero-order valence-electron chi connectivity index (χ0n) is 19.1. The normalized spacial score (nSPS) is 11.6. The third kappa shape index (κ3) is 4.79. The molecular weight excluding hydrogens is 418 g/mol. The van der Waals surface area contributed by atoms with E-state index in [9.17, 15) is 0 Å². The molecule has 5 aromatic rings. The smallest absolute Gasteiger partial charge is 0.205 e. The van der Waals surface area contributed by atoms with Crippen molar-refractivity contribution in [1.29, 1.82) is 0 Å². The maximum absolute atomic E-state index is 4.11. The van der Waals surface area contributed by atoms with Crippen molar-refractivity contribution in [3.05, 3.63) is 127 Å². The summed E-state index contributed by atoms with van der Waals surface area (Å²) >= 11 is 0. The van der Waals surface area contributed by atoms with Gasteiger partial charge in [0.05, 0.1) is 12.7 Å². The van der Waals surface area contributed by atoms with Crippen LogP contribution in [0.2, 0.25) is 0 Å². The highest BCUT2D eigenvalue weighted by Crippen LogP contribution is 2.14. The fraction of sp³-hybridized carbons (Fsp3) is 0.0690. The van der Waals surface area contributed by atoms with E-state index < -0.39 is 0 Å². The number of pyridine rings is 1. The molecule has 0 aliphatic heterocycles. The van der Waals surface area contributed by atoms with Gasteiger partial charge in [-0.15, -0.1) is 0 Å². The Morgan fingerprint density at radius 2 is 1.12 bits per heavy atom. The highest BCUT2D eigenvalue weighted by Gasteiger charge is 2.10. The highest BCUT2D eigenvalue weighted by atomic mass is 15.0. The van der Waals surface area contributed by atoms with E-state index in [4.69, 9.17) is 0 Å². The maximum atomic E-state index is 4.11. The molecule has 0 N–H and O–H groups in total. The van der Waals surface area contributed by atoms with E-state index in [1.54, 1.807) is 12.4 Å². The molecule has 0 aliphatic carbocycles.